The van der Waals surface area contributed by atoms with Crippen LogP contribution in [0.25, 0.3) is 0 Å². The van der Waals surface area contributed by atoms with E-state index in [9.17, 15) is 4.79 Å². The molecule has 3 aromatic heterocycles. The highest BCUT2D eigenvalue weighted by Crippen LogP contribution is 2.28. The molecule has 7 nitrogen and oxygen atoms in total. The van der Waals surface area contributed by atoms with Gasteiger partial charge in [-0.1, -0.05) is 0 Å². The summed E-state index contributed by atoms with van der Waals surface area (Å²) < 4.78 is 4.00. The number of rotatable bonds is 4. The number of piperidine rings is 1. The molecule has 0 bridgehead atoms. The van der Waals surface area contributed by atoms with Gasteiger partial charge in [-0.15, -0.1) is 0 Å². The van der Waals surface area contributed by atoms with Crippen molar-refractivity contribution in [3.8, 4) is 0 Å². The molecule has 28 heavy (non-hydrogen) atoms. The first-order valence-electron chi connectivity index (χ1n) is 9.74. The molecule has 0 radical (unpaired) electrons. The molecule has 1 aliphatic rings. The Morgan fingerprint density at radius 1 is 1.14 bits per heavy atom. The Balaban J connectivity index is 1.44. The number of imidazole rings is 1. The summed E-state index contributed by atoms with van der Waals surface area (Å²) in [5.41, 5.74) is 3.70. The minimum absolute atomic E-state index is 0.0988. The van der Waals surface area contributed by atoms with Crippen LogP contribution < -0.4 is 0 Å². The smallest absolute Gasteiger partial charge is 0.257 e. The molecule has 1 aliphatic heterocycles. The maximum absolute atomic E-state index is 13.0. The lowest BCUT2D eigenvalue weighted by molar-refractivity contribution is 0.0709. The third kappa shape index (κ3) is 3.44. The predicted molar refractivity (Wildman–Crippen MR) is 106 cm³/mol. The van der Waals surface area contributed by atoms with Crippen molar-refractivity contribution in [2.75, 3.05) is 13.1 Å². The second-order valence-corrected chi connectivity index (χ2v) is 7.50. The molecule has 146 valence electrons. The molecule has 0 aromatic carbocycles. The topological polar surface area (TPSA) is 68.8 Å². The second-order valence-electron chi connectivity index (χ2n) is 7.50. The fourth-order valence-electron chi connectivity index (χ4n) is 4.08. The Morgan fingerprint density at radius 2 is 1.86 bits per heavy atom. The summed E-state index contributed by atoms with van der Waals surface area (Å²) in [7, 11) is 1.88. The summed E-state index contributed by atoms with van der Waals surface area (Å²) in [5, 5.41) is 4.38. The van der Waals surface area contributed by atoms with Crippen molar-refractivity contribution in [1.29, 1.82) is 0 Å². The van der Waals surface area contributed by atoms with E-state index in [1.165, 1.54) is 5.56 Å². The number of hydrogen-bond acceptors (Lipinski definition) is 4. The highest BCUT2D eigenvalue weighted by molar-refractivity contribution is 5.96. The van der Waals surface area contributed by atoms with Gasteiger partial charge >= 0.3 is 0 Å². The number of aryl methyl sites for hydroxylation is 2. The first kappa shape index (κ1) is 18.4. The van der Waals surface area contributed by atoms with Gasteiger partial charge in [0.2, 0.25) is 0 Å². The van der Waals surface area contributed by atoms with Crippen LogP contribution in [0, 0.1) is 13.8 Å². The normalized spacial score (nSPS) is 15.2. The molecule has 4 heterocycles. The Bertz CT molecular complexity index is 966. The van der Waals surface area contributed by atoms with Gasteiger partial charge in [0, 0.05) is 63.1 Å². The lowest BCUT2D eigenvalue weighted by Crippen LogP contribution is -2.38. The molecule has 0 atom stereocenters. The molecule has 0 spiro atoms. The molecular weight excluding hydrogens is 352 g/mol. The van der Waals surface area contributed by atoms with Crippen LogP contribution in [0.5, 0.6) is 0 Å². The maximum atomic E-state index is 13.0. The monoisotopic (exact) mass is 378 g/mol. The number of carbonyl (C=O) groups is 1. The lowest BCUT2D eigenvalue weighted by Gasteiger charge is -2.32. The van der Waals surface area contributed by atoms with E-state index >= 15 is 0 Å². The van der Waals surface area contributed by atoms with E-state index < -0.39 is 0 Å². The largest absolute Gasteiger partial charge is 0.338 e. The Kier molecular flexibility index (Phi) is 4.98. The van der Waals surface area contributed by atoms with E-state index in [1.807, 2.05) is 62.7 Å². The van der Waals surface area contributed by atoms with E-state index in [0.29, 0.717) is 5.92 Å². The first-order chi connectivity index (χ1) is 13.5. The van der Waals surface area contributed by atoms with Gasteiger partial charge in [0.15, 0.2) is 0 Å². The highest BCUT2D eigenvalue weighted by atomic mass is 16.2. The minimum atomic E-state index is 0.0988. The number of hydrogen-bond donors (Lipinski definition) is 0. The highest BCUT2D eigenvalue weighted by Gasteiger charge is 2.29. The number of carbonyl (C=O) groups excluding carboxylic acids is 1. The van der Waals surface area contributed by atoms with Gasteiger partial charge < -0.3 is 9.47 Å². The predicted octanol–water partition coefficient (Wildman–Crippen LogP) is 2.70. The molecule has 1 amide bonds. The number of pyridine rings is 1. The fraction of sp³-hybridized carbons (Fsp3) is 0.429. The van der Waals surface area contributed by atoms with Gasteiger partial charge in [-0.25, -0.2) is 4.98 Å². The van der Waals surface area contributed by atoms with Crippen molar-refractivity contribution in [3.63, 3.8) is 0 Å². The summed E-state index contributed by atoms with van der Waals surface area (Å²) in [6.07, 6.45) is 9.40. The van der Waals surface area contributed by atoms with Gasteiger partial charge in [0.1, 0.15) is 5.82 Å². The van der Waals surface area contributed by atoms with Crippen molar-refractivity contribution in [1.82, 2.24) is 29.2 Å². The molecule has 4 rings (SSSR count). The van der Waals surface area contributed by atoms with Crippen molar-refractivity contribution >= 4 is 5.91 Å². The summed E-state index contributed by atoms with van der Waals surface area (Å²) in [4.78, 5) is 23.7. The average molecular weight is 378 g/mol. The molecule has 7 heteroatoms. The Morgan fingerprint density at radius 3 is 2.50 bits per heavy atom. The number of likely N-dealkylation sites (tertiary alicyclic amines) is 1. The number of aromatic nitrogens is 5. The van der Waals surface area contributed by atoms with E-state index in [2.05, 4.69) is 19.6 Å². The molecule has 0 unspecified atom stereocenters. The van der Waals surface area contributed by atoms with Crippen LogP contribution in [0.1, 0.15) is 51.9 Å². The lowest BCUT2D eigenvalue weighted by atomic mass is 9.95. The molecule has 0 N–H and O–H groups in total. The SMILES string of the molecule is Cc1nn(C)c(C)c1C(=O)N1CCC(c2nccn2Cc2ccncc2)CC1. The summed E-state index contributed by atoms with van der Waals surface area (Å²) in [6.45, 7) is 6.16. The first-order valence-corrected chi connectivity index (χ1v) is 9.74. The van der Waals surface area contributed by atoms with Crippen LogP contribution in [0.2, 0.25) is 0 Å². The zero-order chi connectivity index (χ0) is 19.7. The molecular formula is C21H26N6O. The minimum Gasteiger partial charge on any atom is -0.338 e. The van der Waals surface area contributed by atoms with Crippen LogP contribution in [0.3, 0.4) is 0 Å². The number of amides is 1. The summed E-state index contributed by atoms with van der Waals surface area (Å²) in [5.74, 6) is 1.58. The van der Waals surface area contributed by atoms with Crippen molar-refractivity contribution in [3.05, 3.63) is 65.3 Å². The third-order valence-corrected chi connectivity index (χ3v) is 5.72. The molecule has 3 aromatic rings. The standard InChI is InChI=1S/C21H26N6O/c1-15-19(16(2)25(3)24-15)21(28)26-11-6-18(7-12-26)20-23-10-13-27(20)14-17-4-8-22-9-5-17/h4-5,8-10,13,18H,6-7,11-12,14H2,1-3H3. The second kappa shape index (κ2) is 7.58. The fourth-order valence-corrected chi connectivity index (χ4v) is 4.08. The van der Waals surface area contributed by atoms with Gasteiger partial charge in [-0.05, 0) is 44.4 Å². The van der Waals surface area contributed by atoms with Crippen molar-refractivity contribution in [2.24, 2.45) is 7.05 Å². The van der Waals surface area contributed by atoms with Crippen LogP contribution in [0.15, 0.2) is 36.9 Å². The van der Waals surface area contributed by atoms with Gasteiger partial charge in [0.05, 0.1) is 11.3 Å². The van der Waals surface area contributed by atoms with Crippen LogP contribution in [-0.4, -0.2) is 48.2 Å². The molecule has 1 saturated heterocycles. The van der Waals surface area contributed by atoms with Gasteiger partial charge in [0.25, 0.3) is 5.91 Å². The zero-order valence-electron chi connectivity index (χ0n) is 16.7. The quantitative estimate of drug-likeness (QED) is 0.700. The Labute approximate surface area is 165 Å². The molecule has 1 fully saturated rings. The maximum Gasteiger partial charge on any atom is 0.257 e. The van der Waals surface area contributed by atoms with Gasteiger partial charge in [-0.2, -0.15) is 5.10 Å². The van der Waals surface area contributed by atoms with Crippen LogP contribution >= 0.6 is 0 Å². The van der Waals surface area contributed by atoms with Crippen LogP contribution in [0.4, 0.5) is 0 Å². The molecule has 0 aliphatic carbocycles. The molecule has 0 saturated carbocycles. The van der Waals surface area contributed by atoms with Crippen LogP contribution in [-0.2, 0) is 13.6 Å². The third-order valence-electron chi connectivity index (χ3n) is 5.72. The van der Waals surface area contributed by atoms with E-state index in [0.717, 1.165) is 55.3 Å². The van der Waals surface area contributed by atoms with Crippen molar-refractivity contribution < 1.29 is 4.79 Å². The zero-order valence-corrected chi connectivity index (χ0v) is 16.7. The Hall–Kier alpha value is -2.96. The average Bonchev–Trinajstić information content (AvgIpc) is 3.26. The van der Waals surface area contributed by atoms with E-state index in [-0.39, 0.29) is 5.91 Å². The van der Waals surface area contributed by atoms with Gasteiger partial charge in [-0.3, -0.25) is 14.5 Å². The number of nitrogens with zero attached hydrogens (tertiary/aromatic N) is 6. The summed E-state index contributed by atoms with van der Waals surface area (Å²) >= 11 is 0. The summed E-state index contributed by atoms with van der Waals surface area (Å²) in [6, 6.07) is 4.06. The van der Waals surface area contributed by atoms with Crippen molar-refractivity contribution in [2.45, 2.75) is 39.2 Å². The van der Waals surface area contributed by atoms with E-state index in [1.54, 1.807) is 4.68 Å². The van der Waals surface area contributed by atoms with E-state index in [4.69, 9.17) is 0 Å².